The van der Waals surface area contributed by atoms with Crippen LogP contribution in [-0.4, -0.2) is 18.2 Å². The van der Waals surface area contributed by atoms with E-state index in [1.165, 1.54) is 19.3 Å². The van der Waals surface area contributed by atoms with Crippen molar-refractivity contribution in [2.45, 2.75) is 79.1 Å². The Hall–Kier alpha value is -1.25. The zero-order valence-corrected chi connectivity index (χ0v) is 17.4. The minimum Gasteiger partial charge on any atom is -0.497 e. The van der Waals surface area contributed by atoms with E-state index in [2.05, 4.69) is 27.7 Å². The van der Waals surface area contributed by atoms with E-state index in [0.717, 1.165) is 37.4 Å². The molecular formula is C23H38O3. The molecule has 148 valence electrons. The zero-order valence-electron chi connectivity index (χ0n) is 17.4. The maximum absolute atomic E-state index is 12.3. The van der Waals surface area contributed by atoms with Crippen molar-refractivity contribution in [1.29, 1.82) is 0 Å². The minimum atomic E-state index is -0.778. The second-order valence-electron chi connectivity index (χ2n) is 9.22. The van der Waals surface area contributed by atoms with Gasteiger partial charge in [0.15, 0.2) is 0 Å². The van der Waals surface area contributed by atoms with Crippen molar-refractivity contribution in [3.63, 3.8) is 0 Å². The van der Waals surface area contributed by atoms with E-state index in [1.54, 1.807) is 7.11 Å². The van der Waals surface area contributed by atoms with E-state index in [1.807, 2.05) is 18.2 Å². The fourth-order valence-electron chi connectivity index (χ4n) is 5.52. The average molecular weight is 363 g/mol. The Balaban J connectivity index is 2.17. The normalized spacial score (nSPS) is 32.0. The van der Waals surface area contributed by atoms with E-state index < -0.39 is 11.4 Å². The lowest BCUT2D eigenvalue weighted by atomic mass is 9.60. The molecule has 1 N–H and O–H groups in total. The van der Waals surface area contributed by atoms with Crippen LogP contribution >= 0.6 is 0 Å². The largest absolute Gasteiger partial charge is 0.497 e. The molecule has 1 fully saturated rings. The summed E-state index contributed by atoms with van der Waals surface area (Å²) in [4.78, 5) is 12.3. The Morgan fingerprint density at radius 2 is 2.12 bits per heavy atom. The van der Waals surface area contributed by atoms with Gasteiger partial charge in [-0.2, -0.15) is 0 Å². The average Bonchev–Trinajstić information content (AvgIpc) is 2.59. The SMILES string of the molecule is CCCC(CC[C@@H]1[C@@H](C)CCCC1(C)C)C1(C(=O)O)C=CC(OC)=CC1. The van der Waals surface area contributed by atoms with Crippen molar-refractivity contribution in [3.8, 4) is 0 Å². The van der Waals surface area contributed by atoms with Crippen LogP contribution in [0, 0.1) is 28.6 Å². The van der Waals surface area contributed by atoms with Crippen LogP contribution in [0.25, 0.3) is 0 Å². The van der Waals surface area contributed by atoms with Crippen LogP contribution in [-0.2, 0) is 9.53 Å². The first-order valence-corrected chi connectivity index (χ1v) is 10.4. The number of allylic oxidation sites excluding steroid dienone is 2. The Bertz CT molecular complexity index is 546. The van der Waals surface area contributed by atoms with Crippen LogP contribution in [0.1, 0.15) is 79.1 Å². The van der Waals surface area contributed by atoms with Crippen molar-refractivity contribution in [1.82, 2.24) is 0 Å². The molecule has 2 rings (SSSR count). The van der Waals surface area contributed by atoms with Crippen molar-refractivity contribution >= 4 is 5.97 Å². The predicted molar refractivity (Wildman–Crippen MR) is 107 cm³/mol. The summed E-state index contributed by atoms with van der Waals surface area (Å²) in [5.41, 5.74) is -0.406. The molecule has 0 aromatic rings. The molecule has 0 saturated heterocycles. The fourth-order valence-corrected chi connectivity index (χ4v) is 5.52. The van der Waals surface area contributed by atoms with Gasteiger partial charge >= 0.3 is 5.97 Å². The lowest BCUT2D eigenvalue weighted by molar-refractivity contribution is -0.149. The standard InChI is InChI=1S/C23H38O3/c1-6-8-18(10-11-20-17(2)9-7-14-22(20,3)4)23(21(24)25)15-12-19(26-5)13-16-23/h12-13,15,17-18,20H,6-11,14,16H2,1-5H3,(H,24,25)/t17-,18?,20+,23?/m0/s1. The third kappa shape index (κ3) is 4.35. The molecule has 3 nitrogen and oxygen atoms in total. The van der Waals surface area contributed by atoms with Crippen molar-refractivity contribution in [2.24, 2.45) is 28.6 Å². The smallest absolute Gasteiger partial charge is 0.314 e. The molecule has 0 radical (unpaired) electrons. The highest BCUT2D eigenvalue weighted by atomic mass is 16.5. The van der Waals surface area contributed by atoms with Gasteiger partial charge in [-0.1, -0.05) is 53.0 Å². The maximum atomic E-state index is 12.3. The van der Waals surface area contributed by atoms with Gasteiger partial charge in [0, 0.05) is 0 Å². The molecule has 0 aromatic heterocycles. The predicted octanol–water partition coefficient (Wildman–Crippen LogP) is 6.21. The summed E-state index contributed by atoms with van der Waals surface area (Å²) in [6.45, 7) is 9.37. The highest BCUT2D eigenvalue weighted by Gasteiger charge is 2.45. The number of hydrogen-bond acceptors (Lipinski definition) is 2. The highest BCUT2D eigenvalue weighted by Crippen LogP contribution is 2.49. The van der Waals surface area contributed by atoms with Gasteiger partial charge in [-0.05, 0) is 67.4 Å². The van der Waals surface area contributed by atoms with Crippen LogP contribution in [0.5, 0.6) is 0 Å². The molecule has 26 heavy (non-hydrogen) atoms. The fraction of sp³-hybridized carbons (Fsp3) is 0.783. The van der Waals surface area contributed by atoms with Gasteiger partial charge in [0.25, 0.3) is 0 Å². The Kier molecular flexibility index (Phi) is 6.99. The second-order valence-corrected chi connectivity index (χ2v) is 9.22. The monoisotopic (exact) mass is 362 g/mol. The van der Waals surface area contributed by atoms with E-state index in [-0.39, 0.29) is 5.92 Å². The molecule has 0 spiro atoms. The molecule has 0 amide bonds. The molecule has 0 bridgehead atoms. The van der Waals surface area contributed by atoms with Gasteiger partial charge < -0.3 is 9.84 Å². The zero-order chi connectivity index (χ0) is 19.4. The Morgan fingerprint density at radius 3 is 2.62 bits per heavy atom. The number of carbonyl (C=O) groups is 1. The van der Waals surface area contributed by atoms with Crippen LogP contribution in [0.15, 0.2) is 24.0 Å². The third-order valence-electron chi connectivity index (χ3n) is 7.18. The first-order chi connectivity index (χ1) is 12.3. The second kappa shape index (κ2) is 8.63. The van der Waals surface area contributed by atoms with Gasteiger partial charge in [0.2, 0.25) is 0 Å². The minimum absolute atomic E-state index is 0.181. The van der Waals surface area contributed by atoms with Gasteiger partial charge in [-0.15, -0.1) is 0 Å². The maximum Gasteiger partial charge on any atom is 0.314 e. The van der Waals surface area contributed by atoms with Crippen molar-refractivity contribution in [2.75, 3.05) is 7.11 Å². The van der Waals surface area contributed by atoms with Crippen LogP contribution in [0.2, 0.25) is 0 Å². The summed E-state index contributed by atoms with van der Waals surface area (Å²) in [6.07, 6.45) is 14.3. The number of hydrogen-bond donors (Lipinski definition) is 1. The third-order valence-corrected chi connectivity index (χ3v) is 7.18. The lowest BCUT2D eigenvalue weighted by Gasteiger charge is -2.44. The molecule has 0 aliphatic heterocycles. The van der Waals surface area contributed by atoms with Crippen molar-refractivity contribution < 1.29 is 14.6 Å². The number of rotatable bonds is 8. The molecule has 2 unspecified atom stereocenters. The number of aliphatic carboxylic acids is 1. The number of ether oxygens (including phenoxy) is 1. The first kappa shape index (κ1) is 21.1. The number of methoxy groups -OCH3 is 1. The van der Waals surface area contributed by atoms with Crippen LogP contribution < -0.4 is 0 Å². The van der Waals surface area contributed by atoms with Crippen molar-refractivity contribution in [3.05, 3.63) is 24.0 Å². The summed E-state index contributed by atoms with van der Waals surface area (Å²) < 4.78 is 5.28. The molecule has 4 atom stereocenters. The van der Waals surface area contributed by atoms with Crippen LogP contribution in [0.3, 0.4) is 0 Å². The molecule has 0 aromatic carbocycles. The summed E-state index contributed by atoms with van der Waals surface area (Å²) in [5.74, 6) is 1.71. The van der Waals surface area contributed by atoms with E-state index in [9.17, 15) is 9.90 Å². The quantitative estimate of drug-likeness (QED) is 0.558. The van der Waals surface area contributed by atoms with Gasteiger partial charge in [-0.3, -0.25) is 4.79 Å². The number of carboxylic acid groups (broad SMARTS) is 1. The van der Waals surface area contributed by atoms with E-state index in [0.29, 0.717) is 17.8 Å². The summed E-state index contributed by atoms with van der Waals surface area (Å²) >= 11 is 0. The molecule has 0 heterocycles. The van der Waals surface area contributed by atoms with Gasteiger partial charge in [-0.25, -0.2) is 0 Å². The molecule has 1 saturated carbocycles. The molecule has 2 aliphatic rings. The molecule has 3 heteroatoms. The summed E-state index contributed by atoms with van der Waals surface area (Å²) in [5, 5.41) is 10.1. The topological polar surface area (TPSA) is 46.5 Å². The van der Waals surface area contributed by atoms with Crippen LogP contribution in [0.4, 0.5) is 0 Å². The lowest BCUT2D eigenvalue weighted by Crippen LogP contribution is -2.39. The Morgan fingerprint density at radius 1 is 1.38 bits per heavy atom. The Labute approximate surface area is 159 Å². The first-order valence-electron chi connectivity index (χ1n) is 10.4. The molecular weight excluding hydrogens is 324 g/mol. The molecule has 2 aliphatic carbocycles. The van der Waals surface area contributed by atoms with E-state index >= 15 is 0 Å². The number of carboxylic acids is 1. The summed E-state index contributed by atoms with van der Waals surface area (Å²) in [7, 11) is 1.64. The van der Waals surface area contributed by atoms with E-state index in [4.69, 9.17) is 4.74 Å². The van der Waals surface area contributed by atoms with Gasteiger partial charge in [0.05, 0.1) is 12.5 Å². The van der Waals surface area contributed by atoms with Gasteiger partial charge in [0.1, 0.15) is 5.76 Å². The highest BCUT2D eigenvalue weighted by molar-refractivity contribution is 5.78. The summed E-state index contributed by atoms with van der Waals surface area (Å²) in [6, 6.07) is 0.